The van der Waals surface area contributed by atoms with Crippen molar-refractivity contribution in [3.63, 3.8) is 0 Å². The van der Waals surface area contributed by atoms with E-state index in [9.17, 15) is 33.2 Å². The number of hydroxylamine groups is 1. The van der Waals surface area contributed by atoms with Crippen LogP contribution < -0.4 is 5.56 Å². The SMILES string of the molecule is C=CCON(C1C=C(c2ccc(=O)n(C)c2)CN(C(=O)O)C1Cc1ccccc1)S(=O)(=O)c1ccccc1[N+](=O)[O-]. The van der Waals surface area contributed by atoms with Gasteiger partial charge in [-0.1, -0.05) is 59.1 Å². The van der Waals surface area contributed by atoms with Crippen LogP contribution >= 0.6 is 0 Å². The number of nitrogens with zero attached hydrogens (tertiary/aromatic N) is 4. The minimum atomic E-state index is -4.74. The summed E-state index contributed by atoms with van der Waals surface area (Å²) in [5.41, 5.74) is 0.705. The van der Waals surface area contributed by atoms with Gasteiger partial charge in [-0.15, -0.1) is 6.58 Å². The summed E-state index contributed by atoms with van der Waals surface area (Å²) in [5, 5.41) is 22.1. The lowest BCUT2D eigenvalue weighted by molar-refractivity contribution is -0.388. The van der Waals surface area contributed by atoms with E-state index in [-0.39, 0.29) is 25.1 Å². The molecule has 1 amide bonds. The van der Waals surface area contributed by atoms with Crippen LogP contribution in [0.25, 0.3) is 5.57 Å². The zero-order valence-electron chi connectivity index (χ0n) is 22.1. The normalized spacial score (nSPS) is 17.2. The van der Waals surface area contributed by atoms with E-state index in [0.29, 0.717) is 15.6 Å². The number of rotatable bonds is 10. The molecule has 2 aromatic carbocycles. The molecular formula is C28H28N4O8S. The number of hydrogen-bond donors (Lipinski definition) is 1. The fourth-order valence-electron chi connectivity index (χ4n) is 4.69. The van der Waals surface area contributed by atoms with Crippen LogP contribution in [0, 0.1) is 10.1 Å². The van der Waals surface area contributed by atoms with E-state index in [1.165, 1.54) is 41.1 Å². The molecule has 13 heteroatoms. The molecule has 2 unspecified atom stereocenters. The van der Waals surface area contributed by atoms with Crippen molar-refractivity contribution >= 4 is 27.4 Å². The molecule has 0 aliphatic carbocycles. The van der Waals surface area contributed by atoms with E-state index in [1.54, 1.807) is 43.5 Å². The van der Waals surface area contributed by atoms with Crippen molar-refractivity contribution in [2.24, 2.45) is 7.05 Å². The van der Waals surface area contributed by atoms with Gasteiger partial charge in [0, 0.05) is 31.9 Å². The number of sulfonamides is 1. The van der Waals surface area contributed by atoms with Crippen LogP contribution in [0.5, 0.6) is 0 Å². The third-order valence-corrected chi connectivity index (χ3v) is 8.36. The number of para-hydroxylation sites is 1. The first-order valence-electron chi connectivity index (χ1n) is 12.5. The van der Waals surface area contributed by atoms with Crippen molar-refractivity contribution in [2.45, 2.75) is 23.4 Å². The number of aromatic nitrogens is 1. The summed E-state index contributed by atoms with van der Waals surface area (Å²) in [6, 6.07) is 14.4. The van der Waals surface area contributed by atoms with Gasteiger partial charge in [0.1, 0.15) is 0 Å². The lowest BCUT2D eigenvalue weighted by Gasteiger charge is -2.42. The molecule has 2 heterocycles. The maximum absolute atomic E-state index is 14.1. The van der Waals surface area contributed by atoms with Gasteiger partial charge >= 0.3 is 6.09 Å². The molecule has 0 saturated heterocycles. The van der Waals surface area contributed by atoms with E-state index < -0.39 is 43.7 Å². The van der Waals surface area contributed by atoms with Gasteiger partial charge in [-0.25, -0.2) is 13.2 Å². The first-order chi connectivity index (χ1) is 19.5. The molecule has 0 saturated carbocycles. The lowest BCUT2D eigenvalue weighted by Crippen LogP contribution is -2.57. The van der Waals surface area contributed by atoms with Gasteiger partial charge in [0.05, 0.1) is 23.6 Å². The summed E-state index contributed by atoms with van der Waals surface area (Å²) < 4.78 is 30.2. The molecule has 1 aliphatic heterocycles. The number of nitro benzene ring substituents is 1. The molecule has 41 heavy (non-hydrogen) atoms. The molecule has 12 nitrogen and oxygen atoms in total. The van der Waals surface area contributed by atoms with Crippen LogP contribution in [0.4, 0.5) is 10.5 Å². The molecule has 2 atom stereocenters. The van der Waals surface area contributed by atoms with Crippen molar-refractivity contribution in [2.75, 3.05) is 13.2 Å². The Morgan fingerprint density at radius 3 is 2.49 bits per heavy atom. The zero-order chi connectivity index (χ0) is 29.7. The lowest BCUT2D eigenvalue weighted by atomic mass is 9.90. The van der Waals surface area contributed by atoms with E-state index >= 15 is 0 Å². The van der Waals surface area contributed by atoms with E-state index in [2.05, 4.69) is 6.58 Å². The Hall–Kier alpha value is -4.59. The first kappa shape index (κ1) is 29.4. The zero-order valence-corrected chi connectivity index (χ0v) is 22.9. The van der Waals surface area contributed by atoms with Crippen LogP contribution in [-0.4, -0.2) is 63.7 Å². The average Bonchev–Trinajstić information content (AvgIpc) is 2.95. The van der Waals surface area contributed by atoms with Crippen LogP contribution in [0.15, 0.2) is 101 Å². The van der Waals surface area contributed by atoms with Crippen LogP contribution in [0.1, 0.15) is 11.1 Å². The number of carbonyl (C=O) groups is 1. The third kappa shape index (κ3) is 6.27. The quantitative estimate of drug-likeness (QED) is 0.217. The minimum Gasteiger partial charge on any atom is -0.465 e. The topological polar surface area (TPSA) is 152 Å². The standard InChI is InChI=1S/C28H28N4O8S/c1-3-15-40-32(41(38,39)26-12-8-7-11-23(26)31(36)37)25-17-22(21-13-14-27(33)29(2)18-21)19-30(28(34)35)24(25)16-20-9-5-4-6-10-20/h3-14,17-18,24-25H,1,15-16,19H2,2H3,(H,34,35). The van der Waals surface area contributed by atoms with Gasteiger partial charge < -0.3 is 9.67 Å². The molecule has 1 N–H and O–H groups in total. The highest BCUT2D eigenvalue weighted by atomic mass is 32.2. The van der Waals surface area contributed by atoms with Gasteiger partial charge in [0.2, 0.25) is 5.56 Å². The Kier molecular flexibility index (Phi) is 8.81. The molecule has 0 bridgehead atoms. The van der Waals surface area contributed by atoms with Crippen molar-refractivity contribution in [3.05, 3.63) is 123 Å². The smallest absolute Gasteiger partial charge is 0.407 e. The number of benzene rings is 2. The number of pyridine rings is 1. The van der Waals surface area contributed by atoms with Crippen LogP contribution in [0.3, 0.4) is 0 Å². The van der Waals surface area contributed by atoms with Crippen molar-refractivity contribution in [3.8, 4) is 0 Å². The predicted octanol–water partition coefficient (Wildman–Crippen LogP) is 3.46. The highest BCUT2D eigenvalue weighted by Gasteiger charge is 2.45. The Morgan fingerprint density at radius 2 is 1.85 bits per heavy atom. The second-order valence-corrected chi connectivity index (χ2v) is 11.0. The van der Waals surface area contributed by atoms with Crippen molar-refractivity contribution < 1.29 is 28.1 Å². The summed E-state index contributed by atoms with van der Waals surface area (Å²) in [6.07, 6.45) is 3.20. The maximum Gasteiger partial charge on any atom is 0.407 e. The second kappa shape index (κ2) is 12.3. The summed E-state index contributed by atoms with van der Waals surface area (Å²) in [7, 11) is -3.20. The van der Waals surface area contributed by atoms with E-state index in [4.69, 9.17) is 4.84 Å². The maximum atomic E-state index is 14.1. The first-order valence-corrected chi connectivity index (χ1v) is 13.9. The van der Waals surface area contributed by atoms with E-state index in [0.717, 1.165) is 22.6 Å². The molecule has 1 aliphatic rings. The summed E-state index contributed by atoms with van der Waals surface area (Å²) in [4.78, 5) is 41.8. The summed E-state index contributed by atoms with van der Waals surface area (Å²) >= 11 is 0. The van der Waals surface area contributed by atoms with Crippen LogP contribution in [0.2, 0.25) is 0 Å². The number of amides is 1. The highest BCUT2D eigenvalue weighted by Crippen LogP contribution is 2.34. The largest absolute Gasteiger partial charge is 0.465 e. The molecule has 214 valence electrons. The van der Waals surface area contributed by atoms with Gasteiger partial charge in [-0.2, -0.15) is 0 Å². The minimum absolute atomic E-state index is 0.106. The summed E-state index contributed by atoms with van der Waals surface area (Å²) in [5.74, 6) is 0. The Bertz CT molecular complexity index is 1650. The molecule has 4 rings (SSSR count). The fraction of sp³-hybridized carbons (Fsp3) is 0.214. The van der Waals surface area contributed by atoms with Crippen molar-refractivity contribution in [1.29, 1.82) is 0 Å². The molecule has 3 aromatic rings. The fourth-order valence-corrected chi connectivity index (χ4v) is 6.26. The van der Waals surface area contributed by atoms with Gasteiger partial charge in [-0.05, 0) is 35.3 Å². The average molecular weight is 581 g/mol. The molecule has 0 spiro atoms. The Balaban J connectivity index is 1.95. The number of aryl methyl sites for hydroxylation is 1. The molecule has 1 aromatic heterocycles. The van der Waals surface area contributed by atoms with Gasteiger partial charge in [0.25, 0.3) is 15.7 Å². The Labute approximate surface area is 236 Å². The van der Waals surface area contributed by atoms with Gasteiger partial charge in [0.15, 0.2) is 4.90 Å². The summed E-state index contributed by atoms with van der Waals surface area (Å²) in [6.45, 7) is 3.19. The number of hydrogen-bond acceptors (Lipinski definition) is 7. The van der Waals surface area contributed by atoms with Crippen molar-refractivity contribution in [1.82, 2.24) is 13.9 Å². The van der Waals surface area contributed by atoms with E-state index in [1.807, 2.05) is 0 Å². The molecule has 0 fully saturated rings. The second-order valence-electron chi connectivity index (χ2n) is 9.29. The number of carboxylic acid groups (broad SMARTS) is 1. The van der Waals surface area contributed by atoms with Gasteiger partial charge in [-0.3, -0.25) is 24.6 Å². The number of nitro groups is 1. The molecular weight excluding hydrogens is 552 g/mol. The highest BCUT2D eigenvalue weighted by molar-refractivity contribution is 7.89. The predicted molar refractivity (Wildman–Crippen MR) is 150 cm³/mol. The molecule has 0 radical (unpaired) electrons. The van der Waals surface area contributed by atoms with Crippen LogP contribution in [-0.2, 0) is 28.3 Å². The third-order valence-electron chi connectivity index (χ3n) is 6.64. The monoisotopic (exact) mass is 580 g/mol. The Morgan fingerprint density at radius 1 is 1.17 bits per heavy atom.